The van der Waals surface area contributed by atoms with Gasteiger partial charge in [-0.3, -0.25) is 15.3 Å². The van der Waals surface area contributed by atoms with Gasteiger partial charge in [-0.1, -0.05) is 36.1 Å². The molecule has 0 bridgehead atoms. The number of nitro groups is 1. The van der Waals surface area contributed by atoms with Crippen LogP contribution in [0.5, 0.6) is 0 Å². The van der Waals surface area contributed by atoms with Gasteiger partial charge in [0.25, 0.3) is 5.69 Å². The normalized spacial score (nSPS) is 17.3. The number of non-ortho nitro benzene ring substituents is 1. The number of nitrogens with zero attached hydrogens (tertiary/aromatic N) is 5. The van der Waals surface area contributed by atoms with E-state index in [9.17, 15) is 20.1 Å². The zero-order chi connectivity index (χ0) is 24.3. The van der Waals surface area contributed by atoms with Gasteiger partial charge in [-0.15, -0.1) is 0 Å². The van der Waals surface area contributed by atoms with E-state index in [0.717, 1.165) is 11.3 Å². The summed E-state index contributed by atoms with van der Waals surface area (Å²) in [5, 5.41) is 30.5. The number of carbonyl (C=O) groups is 1. The van der Waals surface area contributed by atoms with Crippen molar-refractivity contribution >= 4 is 57.6 Å². The fraction of sp³-hybridized carbons (Fsp3) is 0.286. The fourth-order valence-electron chi connectivity index (χ4n) is 3.17. The molecule has 174 valence electrons. The lowest BCUT2D eigenvalue weighted by Crippen LogP contribution is -2.54. The molecule has 33 heavy (non-hydrogen) atoms. The molecule has 1 aliphatic rings. The maximum Gasteiger partial charge on any atom is 0.347 e. The molecule has 2 amide bonds. The summed E-state index contributed by atoms with van der Waals surface area (Å²) in [5.74, 6) is 0. The number of carbonyl (C=O) groups excluding carboxylic acids is 1. The van der Waals surface area contributed by atoms with Gasteiger partial charge >= 0.3 is 6.03 Å². The Kier molecular flexibility index (Phi) is 7.20. The van der Waals surface area contributed by atoms with Crippen molar-refractivity contribution in [3.8, 4) is 0 Å². The maximum absolute atomic E-state index is 12.7. The second kappa shape index (κ2) is 9.73. The van der Waals surface area contributed by atoms with Crippen molar-refractivity contribution in [1.82, 2.24) is 10.1 Å². The van der Waals surface area contributed by atoms with Crippen molar-refractivity contribution < 1.29 is 14.9 Å². The minimum absolute atomic E-state index is 0.105. The SMILES string of the molecule is CN(C)c1ccc(/C=N\N2C(=S)SC(C)(C)[C@H]2N(O)C(=O)Nc2ccc([N+](=O)[O-])cc2)cc1. The van der Waals surface area contributed by atoms with Gasteiger partial charge in [0.2, 0.25) is 0 Å². The number of hydroxylamine groups is 2. The molecule has 10 nitrogen and oxygen atoms in total. The summed E-state index contributed by atoms with van der Waals surface area (Å²) in [6.45, 7) is 3.69. The largest absolute Gasteiger partial charge is 0.378 e. The van der Waals surface area contributed by atoms with E-state index in [4.69, 9.17) is 12.2 Å². The monoisotopic (exact) mass is 488 g/mol. The molecule has 1 aliphatic heterocycles. The van der Waals surface area contributed by atoms with Gasteiger partial charge in [-0.05, 0) is 43.7 Å². The van der Waals surface area contributed by atoms with Crippen LogP contribution in [0, 0.1) is 10.1 Å². The number of rotatable bonds is 6. The predicted octanol–water partition coefficient (Wildman–Crippen LogP) is 4.36. The Bertz CT molecular complexity index is 1070. The first-order chi connectivity index (χ1) is 15.5. The number of thiocarbonyl (C=S) groups is 1. The van der Waals surface area contributed by atoms with Gasteiger partial charge in [0.1, 0.15) is 0 Å². The summed E-state index contributed by atoms with van der Waals surface area (Å²) in [7, 11) is 3.90. The molecule has 2 aromatic rings. The molecular formula is C21H24N6O4S2. The Labute approximate surface area is 201 Å². The average molecular weight is 489 g/mol. The number of amides is 2. The number of thioether (sulfide) groups is 1. The van der Waals surface area contributed by atoms with Crippen LogP contribution in [0.3, 0.4) is 0 Å². The second-order valence-electron chi connectivity index (χ2n) is 8.00. The molecule has 2 aromatic carbocycles. The third kappa shape index (κ3) is 5.59. The van der Waals surface area contributed by atoms with E-state index in [1.54, 1.807) is 6.21 Å². The third-order valence-corrected chi connectivity index (χ3v) is 6.44. The number of nitrogens with one attached hydrogen (secondary N) is 1. The van der Waals surface area contributed by atoms with E-state index in [1.807, 2.05) is 57.1 Å². The molecule has 0 unspecified atom stereocenters. The van der Waals surface area contributed by atoms with E-state index in [-0.39, 0.29) is 5.69 Å². The van der Waals surface area contributed by atoms with Crippen molar-refractivity contribution in [1.29, 1.82) is 0 Å². The summed E-state index contributed by atoms with van der Waals surface area (Å²) < 4.78 is -0.251. The lowest BCUT2D eigenvalue weighted by atomic mass is 10.1. The van der Waals surface area contributed by atoms with Gasteiger partial charge < -0.3 is 10.2 Å². The Hall–Kier alpha value is -3.22. The average Bonchev–Trinajstić information content (AvgIpc) is 2.99. The van der Waals surface area contributed by atoms with Crippen LogP contribution in [0.25, 0.3) is 0 Å². The smallest absolute Gasteiger partial charge is 0.347 e. The van der Waals surface area contributed by atoms with Crippen LogP contribution in [0.2, 0.25) is 0 Å². The van der Waals surface area contributed by atoms with E-state index < -0.39 is 21.9 Å². The number of hydrazone groups is 1. The fourth-order valence-corrected chi connectivity index (χ4v) is 4.96. The van der Waals surface area contributed by atoms with Crippen LogP contribution >= 0.6 is 24.0 Å². The van der Waals surface area contributed by atoms with Crippen molar-refractivity contribution in [2.75, 3.05) is 24.3 Å². The summed E-state index contributed by atoms with van der Waals surface area (Å²) >= 11 is 6.76. The molecule has 1 saturated heterocycles. The Morgan fingerprint density at radius 3 is 2.39 bits per heavy atom. The highest BCUT2D eigenvalue weighted by Gasteiger charge is 2.50. The summed E-state index contributed by atoms with van der Waals surface area (Å²) in [6, 6.07) is 12.2. The number of benzene rings is 2. The van der Waals surface area contributed by atoms with Gasteiger partial charge in [0.05, 0.1) is 15.9 Å². The summed E-state index contributed by atoms with van der Waals surface area (Å²) in [4.78, 5) is 25.0. The number of hydrogen-bond donors (Lipinski definition) is 2. The molecule has 2 N–H and O–H groups in total. The van der Waals surface area contributed by atoms with Crippen LogP contribution in [-0.2, 0) is 0 Å². The first kappa shape index (κ1) is 24.4. The highest BCUT2D eigenvalue weighted by atomic mass is 32.2. The first-order valence-electron chi connectivity index (χ1n) is 9.87. The minimum atomic E-state index is -0.884. The Balaban J connectivity index is 1.77. The van der Waals surface area contributed by atoms with Crippen molar-refractivity contribution in [3.05, 3.63) is 64.2 Å². The van der Waals surface area contributed by atoms with Crippen molar-refractivity contribution in [2.24, 2.45) is 5.10 Å². The van der Waals surface area contributed by atoms with Crippen LogP contribution in [-0.4, -0.2) is 61.8 Å². The van der Waals surface area contributed by atoms with E-state index >= 15 is 0 Å². The van der Waals surface area contributed by atoms with Gasteiger partial charge in [-0.25, -0.2) is 9.80 Å². The van der Waals surface area contributed by atoms with Crippen LogP contribution in [0.1, 0.15) is 19.4 Å². The third-order valence-electron chi connectivity index (χ3n) is 4.90. The molecule has 0 radical (unpaired) electrons. The van der Waals surface area contributed by atoms with Crippen molar-refractivity contribution in [3.63, 3.8) is 0 Å². The Morgan fingerprint density at radius 2 is 1.85 bits per heavy atom. The van der Waals surface area contributed by atoms with Gasteiger partial charge in [0.15, 0.2) is 10.5 Å². The lowest BCUT2D eigenvalue weighted by Gasteiger charge is -2.34. The molecule has 0 aromatic heterocycles. The van der Waals surface area contributed by atoms with Gasteiger partial charge in [0, 0.05) is 37.6 Å². The summed E-state index contributed by atoms with van der Waals surface area (Å²) in [5.41, 5.74) is 2.07. The minimum Gasteiger partial charge on any atom is -0.378 e. The topological polar surface area (TPSA) is 115 Å². The highest BCUT2D eigenvalue weighted by molar-refractivity contribution is 8.24. The van der Waals surface area contributed by atoms with Crippen LogP contribution < -0.4 is 10.2 Å². The van der Waals surface area contributed by atoms with E-state index in [2.05, 4.69) is 10.4 Å². The molecule has 1 heterocycles. The molecular weight excluding hydrogens is 464 g/mol. The zero-order valence-corrected chi connectivity index (χ0v) is 20.1. The van der Waals surface area contributed by atoms with Crippen molar-refractivity contribution in [2.45, 2.75) is 24.8 Å². The van der Waals surface area contributed by atoms with Crippen LogP contribution in [0.4, 0.5) is 21.9 Å². The number of anilines is 2. The molecule has 0 saturated carbocycles. The molecule has 0 aliphatic carbocycles. The standard InChI is InChI=1S/C21H24N6O4S2/c1-21(2)18(26(29)19(28)23-15-7-11-17(12-8-15)27(30)31)25(20(32)33-21)22-13-14-5-9-16(10-6-14)24(3)4/h5-13,18,29H,1-4H3,(H,23,28)/b22-13-/t18-/m1/s1. The maximum atomic E-state index is 12.7. The molecule has 1 fully saturated rings. The lowest BCUT2D eigenvalue weighted by molar-refractivity contribution is -0.384. The molecule has 3 rings (SSSR count). The summed E-state index contributed by atoms with van der Waals surface area (Å²) in [6.07, 6.45) is 0.730. The second-order valence-corrected chi connectivity index (χ2v) is 10.3. The van der Waals surface area contributed by atoms with E-state index in [0.29, 0.717) is 15.1 Å². The van der Waals surface area contributed by atoms with E-state index in [1.165, 1.54) is 41.0 Å². The number of hydrogen-bond acceptors (Lipinski definition) is 8. The molecule has 0 spiro atoms. The molecule has 12 heteroatoms. The highest BCUT2D eigenvalue weighted by Crippen LogP contribution is 2.42. The van der Waals surface area contributed by atoms with Gasteiger partial charge in [-0.2, -0.15) is 10.2 Å². The Morgan fingerprint density at radius 1 is 1.24 bits per heavy atom. The number of nitro benzene ring substituents is 1. The quantitative estimate of drug-likeness (QED) is 0.203. The molecule has 1 atom stereocenters. The number of urea groups is 1. The first-order valence-corrected chi connectivity index (χ1v) is 11.1. The predicted molar refractivity (Wildman–Crippen MR) is 134 cm³/mol. The van der Waals surface area contributed by atoms with Crippen LogP contribution in [0.15, 0.2) is 53.6 Å². The zero-order valence-electron chi connectivity index (χ0n) is 18.5.